The number of thioether (sulfide) groups is 1. The fourth-order valence-corrected chi connectivity index (χ4v) is 5.58. The second-order valence-corrected chi connectivity index (χ2v) is 9.90. The highest BCUT2D eigenvalue weighted by atomic mass is 35.5. The number of ether oxygens (including phenoxy) is 1. The Morgan fingerprint density at radius 1 is 1.19 bits per heavy atom. The van der Waals surface area contributed by atoms with Gasteiger partial charge in [0.2, 0.25) is 0 Å². The summed E-state index contributed by atoms with van der Waals surface area (Å²) in [5, 5.41) is 2.02. The Kier molecular flexibility index (Phi) is 7.62. The maximum absolute atomic E-state index is 12.7. The SMILES string of the molecule is CCCCCCSc1cc2c3c([nH]c2cc1Cl)CCC(C(=O)OCc1ccccc1)C3. The molecular weight excluding hydrogens is 426 g/mol. The first-order valence-electron chi connectivity index (χ1n) is 11.3. The number of aryl methyl sites for hydroxylation is 1. The summed E-state index contributed by atoms with van der Waals surface area (Å²) >= 11 is 8.41. The number of aromatic amines is 1. The van der Waals surface area contributed by atoms with E-state index in [2.05, 4.69) is 18.0 Å². The second-order valence-electron chi connectivity index (χ2n) is 8.35. The number of aromatic nitrogens is 1. The molecule has 164 valence electrons. The van der Waals surface area contributed by atoms with Crippen molar-refractivity contribution in [2.75, 3.05) is 5.75 Å². The number of carbonyl (C=O) groups is 1. The lowest BCUT2D eigenvalue weighted by molar-refractivity contribution is -0.150. The van der Waals surface area contributed by atoms with Crippen molar-refractivity contribution in [3.05, 3.63) is 64.3 Å². The van der Waals surface area contributed by atoms with Gasteiger partial charge < -0.3 is 9.72 Å². The first-order valence-corrected chi connectivity index (χ1v) is 12.7. The first kappa shape index (κ1) is 22.3. The zero-order chi connectivity index (χ0) is 21.6. The molecule has 0 radical (unpaired) electrons. The summed E-state index contributed by atoms with van der Waals surface area (Å²) in [5.41, 5.74) is 4.59. The average Bonchev–Trinajstić information content (AvgIpc) is 3.14. The molecule has 4 rings (SSSR count). The van der Waals surface area contributed by atoms with Crippen LogP contribution >= 0.6 is 23.4 Å². The number of fused-ring (bicyclic) bond motifs is 3. The van der Waals surface area contributed by atoms with Gasteiger partial charge in [0.15, 0.2) is 0 Å². The Bertz CT molecular complexity index is 1030. The van der Waals surface area contributed by atoms with Gasteiger partial charge in [-0.05, 0) is 54.7 Å². The second kappa shape index (κ2) is 10.6. The highest BCUT2D eigenvalue weighted by molar-refractivity contribution is 7.99. The Morgan fingerprint density at radius 2 is 2.03 bits per heavy atom. The van der Waals surface area contributed by atoms with Gasteiger partial charge in [0, 0.05) is 21.5 Å². The molecule has 0 aliphatic heterocycles. The molecule has 1 heterocycles. The van der Waals surface area contributed by atoms with Crippen LogP contribution in [0.25, 0.3) is 10.9 Å². The fourth-order valence-electron chi connectivity index (χ4n) is 4.29. The van der Waals surface area contributed by atoms with Gasteiger partial charge in [-0.25, -0.2) is 0 Å². The molecule has 0 fully saturated rings. The molecule has 0 bridgehead atoms. The van der Waals surface area contributed by atoms with Crippen LogP contribution in [-0.2, 0) is 29.0 Å². The van der Waals surface area contributed by atoms with Gasteiger partial charge in [0.05, 0.1) is 10.9 Å². The number of carbonyl (C=O) groups excluding carboxylic acids is 1. The molecule has 0 spiro atoms. The number of unbranched alkanes of at least 4 members (excludes halogenated alkanes) is 3. The monoisotopic (exact) mass is 455 g/mol. The molecule has 2 aromatic carbocycles. The molecule has 1 aliphatic carbocycles. The lowest BCUT2D eigenvalue weighted by Crippen LogP contribution is -2.24. The predicted octanol–water partition coefficient (Wildman–Crippen LogP) is 7.34. The fraction of sp³-hybridized carbons (Fsp3) is 0.423. The van der Waals surface area contributed by atoms with Crippen molar-refractivity contribution in [2.45, 2.75) is 63.4 Å². The van der Waals surface area contributed by atoms with Gasteiger partial charge in [0.1, 0.15) is 6.61 Å². The summed E-state index contributed by atoms with van der Waals surface area (Å²) in [6, 6.07) is 14.1. The van der Waals surface area contributed by atoms with Gasteiger partial charge in [-0.1, -0.05) is 68.1 Å². The van der Waals surface area contributed by atoms with E-state index >= 15 is 0 Å². The van der Waals surface area contributed by atoms with Crippen LogP contribution in [0.1, 0.15) is 55.8 Å². The number of halogens is 1. The summed E-state index contributed by atoms with van der Waals surface area (Å²) in [7, 11) is 0. The normalized spacial score (nSPS) is 15.7. The van der Waals surface area contributed by atoms with Crippen molar-refractivity contribution in [1.29, 1.82) is 0 Å². The summed E-state index contributed by atoms with van der Waals surface area (Å²) in [4.78, 5) is 17.4. The molecule has 3 nitrogen and oxygen atoms in total. The largest absolute Gasteiger partial charge is 0.461 e. The Balaban J connectivity index is 1.44. The third kappa shape index (κ3) is 5.48. The van der Waals surface area contributed by atoms with Gasteiger partial charge >= 0.3 is 5.97 Å². The van der Waals surface area contributed by atoms with Crippen molar-refractivity contribution in [3.8, 4) is 0 Å². The van der Waals surface area contributed by atoms with E-state index < -0.39 is 0 Å². The molecular formula is C26H30ClNO2S. The van der Waals surface area contributed by atoms with E-state index in [1.165, 1.54) is 42.3 Å². The Morgan fingerprint density at radius 3 is 2.84 bits per heavy atom. The Labute approximate surface area is 193 Å². The number of esters is 1. The first-order chi connectivity index (χ1) is 15.2. The van der Waals surface area contributed by atoms with Crippen LogP contribution in [0.2, 0.25) is 5.02 Å². The summed E-state index contributed by atoms with van der Waals surface area (Å²) in [6.45, 7) is 2.57. The highest BCUT2D eigenvalue weighted by Crippen LogP contribution is 2.38. The molecule has 1 N–H and O–H groups in total. The zero-order valence-electron chi connectivity index (χ0n) is 18.1. The van der Waals surface area contributed by atoms with Gasteiger partial charge in [-0.3, -0.25) is 4.79 Å². The summed E-state index contributed by atoms with van der Waals surface area (Å²) in [6.07, 6.45) is 7.45. The van der Waals surface area contributed by atoms with Crippen molar-refractivity contribution in [3.63, 3.8) is 0 Å². The van der Waals surface area contributed by atoms with Gasteiger partial charge in [0.25, 0.3) is 0 Å². The van der Waals surface area contributed by atoms with Crippen LogP contribution in [0.3, 0.4) is 0 Å². The lowest BCUT2D eigenvalue weighted by atomic mass is 9.86. The molecule has 0 saturated carbocycles. The molecule has 5 heteroatoms. The van der Waals surface area contributed by atoms with E-state index in [0.29, 0.717) is 6.61 Å². The number of hydrogen-bond donors (Lipinski definition) is 1. The summed E-state index contributed by atoms with van der Waals surface area (Å²) in [5.74, 6) is 0.908. The smallest absolute Gasteiger partial charge is 0.309 e. The molecule has 31 heavy (non-hydrogen) atoms. The molecule has 1 atom stereocenters. The predicted molar refractivity (Wildman–Crippen MR) is 130 cm³/mol. The third-order valence-electron chi connectivity index (χ3n) is 6.05. The van der Waals surface area contributed by atoms with Gasteiger partial charge in [-0.15, -0.1) is 11.8 Å². The minimum Gasteiger partial charge on any atom is -0.461 e. The number of hydrogen-bond acceptors (Lipinski definition) is 3. The number of H-pyrrole nitrogens is 1. The molecule has 1 unspecified atom stereocenters. The third-order valence-corrected chi connectivity index (χ3v) is 7.62. The standard InChI is InChI=1S/C26H30ClNO2S/c1-2-3-4-8-13-31-25-15-21-20-14-19(11-12-23(20)28-24(21)16-22(25)27)26(29)30-17-18-9-6-5-7-10-18/h5-7,9-10,15-16,19,28H,2-4,8,11-14,17H2,1H3. The summed E-state index contributed by atoms with van der Waals surface area (Å²) < 4.78 is 5.62. The van der Waals surface area contributed by atoms with Crippen LogP contribution in [-0.4, -0.2) is 16.7 Å². The molecule has 0 saturated heterocycles. The highest BCUT2D eigenvalue weighted by Gasteiger charge is 2.29. The molecule has 1 aliphatic rings. The maximum atomic E-state index is 12.7. The van der Waals surface area contributed by atoms with Crippen LogP contribution in [0.5, 0.6) is 0 Å². The number of nitrogens with one attached hydrogen (secondary N) is 1. The molecule has 1 aromatic heterocycles. The topological polar surface area (TPSA) is 42.1 Å². The van der Waals surface area contributed by atoms with Gasteiger partial charge in [-0.2, -0.15) is 0 Å². The van der Waals surface area contributed by atoms with Crippen LogP contribution in [0.15, 0.2) is 47.4 Å². The van der Waals surface area contributed by atoms with E-state index in [0.717, 1.165) is 46.0 Å². The maximum Gasteiger partial charge on any atom is 0.309 e. The van der Waals surface area contributed by atoms with Crippen LogP contribution in [0, 0.1) is 5.92 Å². The van der Waals surface area contributed by atoms with E-state index in [9.17, 15) is 4.79 Å². The lowest BCUT2D eigenvalue weighted by Gasteiger charge is -2.21. The van der Waals surface area contributed by atoms with Crippen molar-refractivity contribution in [1.82, 2.24) is 4.98 Å². The van der Waals surface area contributed by atoms with Crippen molar-refractivity contribution >= 4 is 40.2 Å². The van der Waals surface area contributed by atoms with E-state index in [1.54, 1.807) is 0 Å². The minimum absolute atomic E-state index is 0.0870. The zero-order valence-corrected chi connectivity index (χ0v) is 19.7. The quantitative estimate of drug-likeness (QED) is 0.208. The van der Waals surface area contributed by atoms with E-state index in [4.69, 9.17) is 16.3 Å². The number of rotatable bonds is 9. The van der Waals surface area contributed by atoms with E-state index in [1.807, 2.05) is 48.2 Å². The minimum atomic E-state index is -0.0941. The molecule has 3 aromatic rings. The van der Waals surface area contributed by atoms with Crippen molar-refractivity contribution in [2.24, 2.45) is 5.92 Å². The average molecular weight is 456 g/mol. The van der Waals surface area contributed by atoms with Crippen LogP contribution < -0.4 is 0 Å². The number of benzene rings is 2. The molecule has 0 amide bonds. The van der Waals surface area contributed by atoms with Crippen LogP contribution in [0.4, 0.5) is 0 Å². The van der Waals surface area contributed by atoms with E-state index in [-0.39, 0.29) is 11.9 Å². The van der Waals surface area contributed by atoms with Crippen molar-refractivity contribution < 1.29 is 9.53 Å². The Hall–Kier alpha value is -1.91.